The van der Waals surface area contributed by atoms with Crippen LogP contribution in [-0.4, -0.2) is 19.6 Å². The molecule has 0 radical (unpaired) electrons. The minimum atomic E-state index is 0.766. The Balaban J connectivity index is 1.99. The van der Waals surface area contributed by atoms with Crippen molar-refractivity contribution in [1.29, 1.82) is 0 Å². The third-order valence-corrected chi connectivity index (χ3v) is 4.21. The number of anilines is 1. The van der Waals surface area contributed by atoms with E-state index in [2.05, 4.69) is 58.3 Å². The van der Waals surface area contributed by atoms with Gasteiger partial charge in [0.2, 0.25) is 0 Å². The van der Waals surface area contributed by atoms with E-state index in [1.54, 1.807) is 0 Å². The minimum Gasteiger partial charge on any atom is -0.374 e. The van der Waals surface area contributed by atoms with Gasteiger partial charge in [0.1, 0.15) is 0 Å². The monoisotopic (exact) mass is 324 g/mol. The Labute approximate surface area is 125 Å². The van der Waals surface area contributed by atoms with Crippen LogP contribution in [0.25, 0.3) is 0 Å². The van der Waals surface area contributed by atoms with Gasteiger partial charge in [-0.25, -0.2) is 0 Å². The molecule has 0 aromatic heterocycles. The molecule has 2 nitrogen and oxygen atoms in total. The first kappa shape index (κ1) is 14.9. The van der Waals surface area contributed by atoms with Gasteiger partial charge in [-0.05, 0) is 37.0 Å². The fourth-order valence-corrected chi connectivity index (χ4v) is 2.65. The molecule has 0 amide bonds. The van der Waals surface area contributed by atoms with Gasteiger partial charge in [0.25, 0.3) is 0 Å². The summed E-state index contributed by atoms with van der Waals surface area (Å²) in [6.45, 7) is 4.39. The maximum Gasteiger partial charge on any atom is 0.0420 e. The minimum absolute atomic E-state index is 0.766. The predicted octanol–water partition coefficient (Wildman–Crippen LogP) is 4.33. The van der Waals surface area contributed by atoms with Gasteiger partial charge in [0.15, 0.2) is 0 Å². The summed E-state index contributed by atoms with van der Waals surface area (Å²) in [5.41, 5.74) is 2.77. The van der Waals surface area contributed by atoms with Crippen LogP contribution in [0.15, 0.2) is 22.7 Å². The van der Waals surface area contributed by atoms with Crippen LogP contribution < -0.4 is 10.2 Å². The lowest BCUT2D eigenvalue weighted by Gasteiger charge is -2.23. The summed E-state index contributed by atoms with van der Waals surface area (Å²) in [6.07, 6.45) is 6.56. The molecule has 1 aromatic carbocycles. The molecular weight excluding hydrogens is 300 g/mol. The van der Waals surface area contributed by atoms with Crippen molar-refractivity contribution in [3.8, 4) is 0 Å². The number of nitrogens with one attached hydrogen (secondary N) is 1. The highest BCUT2D eigenvalue weighted by atomic mass is 79.9. The maximum absolute atomic E-state index is 3.61. The number of unbranched alkanes of at least 4 members (excludes halogenated alkanes) is 2. The molecule has 0 unspecified atom stereocenters. The second-order valence-corrected chi connectivity index (χ2v) is 6.47. The molecule has 1 aliphatic carbocycles. The number of rotatable bonds is 8. The molecule has 106 valence electrons. The average molecular weight is 325 g/mol. The van der Waals surface area contributed by atoms with E-state index in [-0.39, 0.29) is 0 Å². The topological polar surface area (TPSA) is 15.3 Å². The normalized spacial score (nSPS) is 14.7. The molecule has 1 fully saturated rings. The molecule has 19 heavy (non-hydrogen) atoms. The SMILES string of the molecule is CCCCCN(C)c1cc(Br)ccc1CNC1CC1. The molecule has 0 atom stereocenters. The van der Waals surface area contributed by atoms with Crippen molar-refractivity contribution >= 4 is 21.6 Å². The summed E-state index contributed by atoms with van der Waals surface area (Å²) in [5, 5.41) is 3.61. The lowest BCUT2D eigenvalue weighted by molar-refractivity contribution is 0.677. The highest BCUT2D eigenvalue weighted by Gasteiger charge is 2.20. The third kappa shape index (κ3) is 4.81. The van der Waals surface area contributed by atoms with Gasteiger partial charge in [-0.3, -0.25) is 0 Å². The van der Waals surface area contributed by atoms with Gasteiger partial charge in [0, 0.05) is 36.3 Å². The van der Waals surface area contributed by atoms with Crippen LogP contribution >= 0.6 is 15.9 Å². The molecule has 0 heterocycles. The van der Waals surface area contributed by atoms with Crippen LogP contribution in [-0.2, 0) is 6.54 Å². The molecule has 1 aromatic rings. The molecule has 1 saturated carbocycles. The summed E-state index contributed by atoms with van der Waals surface area (Å²) < 4.78 is 1.17. The van der Waals surface area contributed by atoms with Crippen LogP contribution in [0.3, 0.4) is 0 Å². The summed E-state index contributed by atoms with van der Waals surface area (Å²) in [7, 11) is 2.21. The molecule has 1 aliphatic rings. The number of halogens is 1. The Bertz CT molecular complexity index is 402. The predicted molar refractivity (Wildman–Crippen MR) is 86.8 cm³/mol. The molecule has 1 N–H and O–H groups in total. The van der Waals surface area contributed by atoms with E-state index >= 15 is 0 Å². The van der Waals surface area contributed by atoms with Crippen molar-refractivity contribution < 1.29 is 0 Å². The summed E-state index contributed by atoms with van der Waals surface area (Å²) in [4.78, 5) is 2.39. The third-order valence-electron chi connectivity index (χ3n) is 3.71. The number of hydrogen-bond acceptors (Lipinski definition) is 2. The molecular formula is C16H25BrN2. The zero-order chi connectivity index (χ0) is 13.7. The van der Waals surface area contributed by atoms with Crippen LogP contribution in [0.4, 0.5) is 5.69 Å². The number of nitrogens with zero attached hydrogens (tertiary/aromatic N) is 1. The molecule has 0 bridgehead atoms. The van der Waals surface area contributed by atoms with E-state index in [1.165, 1.54) is 47.8 Å². The highest BCUT2D eigenvalue weighted by molar-refractivity contribution is 9.10. The second kappa shape index (κ2) is 7.30. The van der Waals surface area contributed by atoms with Crippen molar-refractivity contribution in [2.45, 2.75) is 51.6 Å². The quantitative estimate of drug-likeness (QED) is 0.716. The maximum atomic E-state index is 3.61. The van der Waals surface area contributed by atoms with Crippen LogP contribution in [0, 0.1) is 0 Å². The van der Waals surface area contributed by atoms with E-state index in [0.717, 1.165) is 19.1 Å². The average Bonchev–Trinajstić information content (AvgIpc) is 3.21. The highest BCUT2D eigenvalue weighted by Crippen LogP contribution is 2.26. The molecule has 0 saturated heterocycles. The van der Waals surface area contributed by atoms with E-state index in [9.17, 15) is 0 Å². The number of benzene rings is 1. The zero-order valence-electron chi connectivity index (χ0n) is 12.1. The van der Waals surface area contributed by atoms with Crippen LogP contribution in [0.5, 0.6) is 0 Å². The first-order valence-electron chi connectivity index (χ1n) is 7.43. The largest absolute Gasteiger partial charge is 0.374 e. The van der Waals surface area contributed by atoms with Crippen LogP contribution in [0.2, 0.25) is 0 Å². The molecule has 3 heteroatoms. The lowest BCUT2D eigenvalue weighted by Crippen LogP contribution is -2.22. The van der Waals surface area contributed by atoms with E-state index in [4.69, 9.17) is 0 Å². The Morgan fingerprint density at radius 3 is 2.79 bits per heavy atom. The fourth-order valence-electron chi connectivity index (χ4n) is 2.30. The fraction of sp³-hybridized carbons (Fsp3) is 0.625. The van der Waals surface area contributed by atoms with Crippen molar-refractivity contribution in [3.05, 3.63) is 28.2 Å². The zero-order valence-corrected chi connectivity index (χ0v) is 13.7. The van der Waals surface area contributed by atoms with Crippen molar-refractivity contribution in [2.24, 2.45) is 0 Å². The van der Waals surface area contributed by atoms with E-state index in [1.807, 2.05) is 0 Å². The van der Waals surface area contributed by atoms with Gasteiger partial charge in [-0.2, -0.15) is 0 Å². The summed E-state index contributed by atoms with van der Waals surface area (Å²) in [5.74, 6) is 0. The molecule has 2 rings (SSSR count). The van der Waals surface area contributed by atoms with Crippen molar-refractivity contribution in [2.75, 3.05) is 18.5 Å². The Morgan fingerprint density at radius 1 is 1.32 bits per heavy atom. The smallest absolute Gasteiger partial charge is 0.0420 e. The Morgan fingerprint density at radius 2 is 2.11 bits per heavy atom. The molecule has 0 spiro atoms. The van der Waals surface area contributed by atoms with Crippen molar-refractivity contribution in [3.63, 3.8) is 0 Å². The van der Waals surface area contributed by atoms with Gasteiger partial charge in [0.05, 0.1) is 0 Å². The Hall–Kier alpha value is -0.540. The van der Waals surface area contributed by atoms with E-state index < -0.39 is 0 Å². The first-order valence-corrected chi connectivity index (χ1v) is 8.23. The number of hydrogen-bond donors (Lipinski definition) is 1. The lowest BCUT2D eigenvalue weighted by atomic mass is 10.1. The van der Waals surface area contributed by atoms with Gasteiger partial charge in [-0.1, -0.05) is 41.8 Å². The van der Waals surface area contributed by atoms with Crippen molar-refractivity contribution in [1.82, 2.24) is 5.32 Å². The van der Waals surface area contributed by atoms with Gasteiger partial charge in [-0.15, -0.1) is 0 Å². The van der Waals surface area contributed by atoms with Crippen LogP contribution in [0.1, 0.15) is 44.6 Å². The first-order chi connectivity index (χ1) is 9.20. The van der Waals surface area contributed by atoms with E-state index in [0.29, 0.717) is 0 Å². The summed E-state index contributed by atoms with van der Waals surface area (Å²) in [6, 6.07) is 7.40. The second-order valence-electron chi connectivity index (χ2n) is 5.56. The molecule has 0 aliphatic heterocycles. The van der Waals surface area contributed by atoms with Gasteiger partial charge >= 0.3 is 0 Å². The summed E-state index contributed by atoms with van der Waals surface area (Å²) >= 11 is 3.59. The van der Waals surface area contributed by atoms with Gasteiger partial charge < -0.3 is 10.2 Å². The standard InChI is InChI=1S/C16H25BrN2/c1-3-4-5-10-19(2)16-11-14(17)7-6-13(16)12-18-15-8-9-15/h6-7,11,15,18H,3-5,8-10,12H2,1-2H3. The Kier molecular flexibility index (Phi) is 5.71.